The van der Waals surface area contributed by atoms with Gasteiger partial charge in [0.1, 0.15) is 0 Å². The third kappa shape index (κ3) is 7.50. The predicted molar refractivity (Wildman–Crippen MR) is 81.0 cm³/mol. The molecule has 18 heavy (non-hydrogen) atoms. The van der Waals surface area contributed by atoms with Gasteiger partial charge in [-0.3, -0.25) is 0 Å². The van der Waals surface area contributed by atoms with Crippen LogP contribution in [0.4, 0.5) is 0 Å². The number of rotatable bonds is 10. The van der Waals surface area contributed by atoms with Crippen molar-refractivity contribution >= 4 is 0 Å². The van der Waals surface area contributed by atoms with E-state index in [1.54, 1.807) is 0 Å². The van der Waals surface area contributed by atoms with Gasteiger partial charge in [0.2, 0.25) is 0 Å². The summed E-state index contributed by atoms with van der Waals surface area (Å²) < 4.78 is 0. The molecule has 1 nitrogen and oxygen atoms in total. The van der Waals surface area contributed by atoms with E-state index < -0.39 is 0 Å². The molecule has 1 heteroatoms. The molecule has 0 spiro atoms. The first kappa shape index (κ1) is 15.2. The lowest BCUT2D eigenvalue weighted by atomic mass is 10.1. The molecular weight excluding hydrogens is 218 g/mol. The van der Waals surface area contributed by atoms with E-state index in [1.165, 1.54) is 63.6 Å². The van der Waals surface area contributed by atoms with Crippen molar-refractivity contribution in [2.75, 3.05) is 20.1 Å². The van der Waals surface area contributed by atoms with Gasteiger partial charge >= 0.3 is 0 Å². The molecule has 0 aliphatic carbocycles. The summed E-state index contributed by atoms with van der Waals surface area (Å²) in [5, 5.41) is 0. The van der Waals surface area contributed by atoms with Crippen molar-refractivity contribution in [2.24, 2.45) is 0 Å². The van der Waals surface area contributed by atoms with Crippen LogP contribution in [0.5, 0.6) is 0 Å². The quantitative estimate of drug-likeness (QED) is 0.549. The van der Waals surface area contributed by atoms with Crippen molar-refractivity contribution in [3.63, 3.8) is 0 Å². The fourth-order valence-electron chi connectivity index (χ4n) is 2.24. The summed E-state index contributed by atoms with van der Waals surface area (Å²) in [4.78, 5) is 2.47. The molecule has 1 aromatic rings. The van der Waals surface area contributed by atoms with Crippen LogP contribution in [-0.4, -0.2) is 25.0 Å². The van der Waals surface area contributed by atoms with Crippen molar-refractivity contribution in [2.45, 2.75) is 51.9 Å². The fraction of sp³-hybridized carbons (Fsp3) is 0.647. The van der Waals surface area contributed by atoms with E-state index in [0.29, 0.717) is 0 Å². The van der Waals surface area contributed by atoms with Crippen molar-refractivity contribution in [1.82, 2.24) is 4.90 Å². The van der Waals surface area contributed by atoms with Gasteiger partial charge in [-0.15, -0.1) is 0 Å². The molecule has 0 unspecified atom stereocenters. The van der Waals surface area contributed by atoms with Crippen LogP contribution in [0.25, 0.3) is 0 Å². The Morgan fingerprint density at radius 2 is 1.50 bits per heavy atom. The number of hydrogen-bond acceptors (Lipinski definition) is 1. The smallest absolute Gasteiger partial charge is 0.00188 e. The van der Waals surface area contributed by atoms with Gasteiger partial charge in [0.25, 0.3) is 0 Å². The van der Waals surface area contributed by atoms with Crippen LogP contribution in [0, 0.1) is 0 Å². The van der Waals surface area contributed by atoms with Crippen molar-refractivity contribution < 1.29 is 0 Å². The van der Waals surface area contributed by atoms with Crippen molar-refractivity contribution in [3.05, 3.63) is 35.9 Å². The van der Waals surface area contributed by atoms with Crippen LogP contribution < -0.4 is 0 Å². The van der Waals surface area contributed by atoms with Crippen LogP contribution in [0.2, 0.25) is 0 Å². The molecule has 0 atom stereocenters. The van der Waals surface area contributed by atoms with Crippen molar-refractivity contribution in [3.8, 4) is 0 Å². The number of hydrogen-bond donors (Lipinski definition) is 0. The molecule has 0 N–H and O–H groups in total. The van der Waals surface area contributed by atoms with Crippen LogP contribution in [0.3, 0.4) is 0 Å². The van der Waals surface area contributed by atoms with Gasteiger partial charge < -0.3 is 4.90 Å². The zero-order valence-corrected chi connectivity index (χ0v) is 12.2. The molecule has 0 saturated carbocycles. The lowest BCUT2D eigenvalue weighted by Gasteiger charge is -2.16. The van der Waals surface area contributed by atoms with Crippen LogP contribution >= 0.6 is 0 Å². The maximum Gasteiger partial charge on any atom is 0.00188 e. The molecule has 0 radical (unpaired) electrons. The highest BCUT2D eigenvalue weighted by molar-refractivity contribution is 5.14. The highest BCUT2D eigenvalue weighted by Crippen LogP contribution is 2.06. The van der Waals surface area contributed by atoms with Crippen LogP contribution in [0.1, 0.15) is 51.0 Å². The summed E-state index contributed by atoms with van der Waals surface area (Å²) in [6.45, 7) is 4.70. The summed E-state index contributed by atoms with van der Waals surface area (Å²) in [6.07, 6.45) is 9.52. The van der Waals surface area contributed by atoms with Gasteiger partial charge in [-0.25, -0.2) is 0 Å². The summed E-state index contributed by atoms with van der Waals surface area (Å²) in [5.74, 6) is 0. The highest BCUT2D eigenvalue weighted by atomic mass is 15.1. The molecule has 0 aliphatic rings. The topological polar surface area (TPSA) is 3.24 Å². The van der Waals surface area contributed by atoms with E-state index in [-0.39, 0.29) is 0 Å². The molecule has 0 aliphatic heterocycles. The molecule has 0 amide bonds. The lowest BCUT2D eigenvalue weighted by molar-refractivity contribution is 0.327. The predicted octanol–water partition coefficient (Wildman–Crippen LogP) is 4.52. The second kappa shape index (κ2) is 10.1. The lowest BCUT2D eigenvalue weighted by Crippen LogP contribution is -2.22. The maximum absolute atomic E-state index is 2.47. The summed E-state index contributed by atoms with van der Waals surface area (Å²) in [5.41, 5.74) is 1.45. The standard InChI is InChI=1S/C17H29N/c1-3-4-5-6-7-11-15-18(2)16-14-17-12-9-8-10-13-17/h8-10,12-13H,3-7,11,14-16H2,1-2H3. The molecule has 0 aromatic heterocycles. The van der Waals surface area contributed by atoms with E-state index in [2.05, 4.69) is 49.2 Å². The van der Waals surface area contributed by atoms with E-state index >= 15 is 0 Å². The average Bonchev–Trinajstić information content (AvgIpc) is 2.41. The number of benzene rings is 1. The molecule has 0 fully saturated rings. The minimum Gasteiger partial charge on any atom is -0.306 e. The molecule has 0 bridgehead atoms. The van der Waals surface area contributed by atoms with Crippen LogP contribution in [0.15, 0.2) is 30.3 Å². The normalized spacial score (nSPS) is 11.1. The summed E-state index contributed by atoms with van der Waals surface area (Å²) in [7, 11) is 2.25. The van der Waals surface area contributed by atoms with E-state index in [4.69, 9.17) is 0 Å². The zero-order chi connectivity index (χ0) is 13.1. The first-order chi connectivity index (χ1) is 8.83. The Kier molecular flexibility index (Phi) is 8.58. The molecular formula is C17H29N. The largest absolute Gasteiger partial charge is 0.306 e. The Balaban J connectivity index is 1.99. The third-order valence-electron chi connectivity index (χ3n) is 3.52. The summed E-state index contributed by atoms with van der Waals surface area (Å²) >= 11 is 0. The van der Waals surface area contributed by atoms with Gasteiger partial charge in [0.05, 0.1) is 0 Å². The summed E-state index contributed by atoms with van der Waals surface area (Å²) in [6, 6.07) is 10.8. The van der Waals surface area contributed by atoms with Crippen molar-refractivity contribution in [1.29, 1.82) is 0 Å². The molecule has 0 heterocycles. The zero-order valence-electron chi connectivity index (χ0n) is 12.2. The SMILES string of the molecule is CCCCCCCCN(C)CCc1ccccc1. The minimum absolute atomic E-state index is 1.17. The molecule has 1 rings (SSSR count). The first-order valence-corrected chi connectivity index (χ1v) is 7.55. The Bertz CT molecular complexity index is 281. The monoisotopic (exact) mass is 247 g/mol. The molecule has 1 aromatic carbocycles. The number of unbranched alkanes of at least 4 members (excludes halogenated alkanes) is 5. The first-order valence-electron chi connectivity index (χ1n) is 7.55. The number of nitrogens with zero attached hydrogens (tertiary/aromatic N) is 1. The Morgan fingerprint density at radius 1 is 0.833 bits per heavy atom. The van der Waals surface area contributed by atoms with Crippen LogP contribution in [-0.2, 0) is 6.42 Å². The molecule has 0 saturated heterocycles. The maximum atomic E-state index is 2.47. The minimum atomic E-state index is 1.17. The Labute approximate surface area is 113 Å². The van der Waals surface area contributed by atoms with Gasteiger partial charge in [0, 0.05) is 6.54 Å². The Morgan fingerprint density at radius 3 is 2.22 bits per heavy atom. The number of likely N-dealkylation sites (N-methyl/N-ethyl adjacent to an activating group) is 1. The van der Waals surface area contributed by atoms with E-state index in [0.717, 1.165) is 0 Å². The molecule has 102 valence electrons. The van der Waals surface area contributed by atoms with Gasteiger partial charge in [-0.1, -0.05) is 69.4 Å². The second-order valence-corrected chi connectivity index (χ2v) is 5.31. The Hall–Kier alpha value is -0.820. The van der Waals surface area contributed by atoms with E-state index in [1.807, 2.05) is 0 Å². The van der Waals surface area contributed by atoms with Gasteiger partial charge in [-0.2, -0.15) is 0 Å². The average molecular weight is 247 g/mol. The van der Waals surface area contributed by atoms with Gasteiger partial charge in [0.15, 0.2) is 0 Å². The third-order valence-corrected chi connectivity index (χ3v) is 3.52. The fourth-order valence-corrected chi connectivity index (χ4v) is 2.24. The second-order valence-electron chi connectivity index (χ2n) is 5.31. The highest BCUT2D eigenvalue weighted by Gasteiger charge is 1.99. The van der Waals surface area contributed by atoms with Gasteiger partial charge in [-0.05, 0) is 32.0 Å². The van der Waals surface area contributed by atoms with E-state index in [9.17, 15) is 0 Å².